The highest BCUT2D eigenvalue weighted by Gasteiger charge is 2.20. The Balaban J connectivity index is 2.07. The molecule has 6 heteroatoms. The van der Waals surface area contributed by atoms with Crippen molar-refractivity contribution in [1.82, 2.24) is 9.88 Å². The molecule has 5 nitrogen and oxygen atoms in total. The molecule has 0 aliphatic carbocycles. The van der Waals surface area contributed by atoms with E-state index >= 15 is 0 Å². The molecule has 0 bridgehead atoms. The summed E-state index contributed by atoms with van der Waals surface area (Å²) in [5.41, 5.74) is 1.34. The first kappa shape index (κ1) is 17.6. The lowest BCUT2D eigenvalue weighted by Gasteiger charge is -2.20. The Hall–Kier alpha value is -1.76. The molecule has 0 saturated carbocycles. The Bertz CT molecular complexity index is 613. The maximum absolute atomic E-state index is 12.4. The molecule has 0 saturated heterocycles. The first-order valence-electron chi connectivity index (χ1n) is 7.44. The van der Waals surface area contributed by atoms with Crippen molar-refractivity contribution in [3.05, 3.63) is 52.0 Å². The van der Waals surface area contributed by atoms with Crippen LogP contribution in [0.25, 0.3) is 0 Å². The maximum Gasteiger partial charge on any atom is 0.358 e. The van der Waals surface area contributed by atoms with Gasteiger partial charge in [-0.25, -0.2) is 9.78 Å². The molecule has 2 aromatic rings. The third-order valence-electron chi connectivity index (χ3n) is 3.29. The van der Waals surface area contributed by atoms with Gasteiger partial charge in [0.2, 0.25) is 0 Å². The second-order valence-corrected chi connectivity index (χ2v) is 6.40. The van der Waals surface area contributed by atoms with Crippen LogP contribution in [-0.4, -0.2) is 43.6 Å². The summed E-state index contributed by atoms with van der Waals surface area (Å²) in [7, 11) is 5.61. The number of nitrogens with zero attached hydrogens (tertiary/aromatic N) is 2. The lowest BCUT2D eigenvalue weighted by Crippen LogP contribution is -2.19. The standard InChI is InChI=1S/C17H22N2O3S/c1-19(2)10-9-15(13-7-5-4-6-8-13)22-17(20)14-12-23-16(18-14)11-21-3/h4-8,12,15H,9-11H2,1-3H3. The molecule has 1 heterocycles. The zero-order chi connectivity index (χ0) is 16.7. The molecule has 0 fully saturated rings. The molecule has 0 amide bonds. The lowest BCUT2D eigenvalue weighted by atomic mass is 10.1. The minimum absolute atomic E-state index is 0.279. The summed E-state index contributed by atoms with van der Waals surface area (Å²) in [4.78, 5) is 18.7. The number of thiazole rings is 1. The zero-order valence-electron chi connectivity index (χ0n) is 13.7. The van der Waals surface area contributed by atoms with Gasteiger partial charge in [-0.1, -0.05) is 30.3 Å². The number of carbonyl (C=O) groups excluding carboxylic acids is 1. The van der Waals surface area contributed by atoms with Gasteiger partial charge in [0.25, 0.3) is 0 Å². The van der Waals surface area contributed by atoms with Crippen molar-refractivity contribution >= 4 is 17.3 Å². The van der Waals surface area contributed by atoms with E-state index in [0.29, 0.717) is 12.3 Å². The first-order valence-corrected chi connectivity index (χ1v) is 8.32. The second-order valence-electron chi connectivity index (χ2n) is 5.46. The molecule has 2 rings (SSSR count). The maximum atomic E-state index is 12.4. The molecule has 1 unspecified atom stereocenters. The molecule has 0 aliphatic rings. The van der Waals surface area contributed by atoms with Gasteiger partial charge in [-0.15, -0.1) is 11.3 Å². The third-order valence-corrected chi connectivity index (χ3v) is 4.11. The average Bonchev–Trinajstić information content (AvgIpc) is 3.01. The van der Waals surface area contributed by atoms with Crippen molar-refractivity contribution in [2.24, 2.45) is 0 Å². The number of methoxy groups -OCH3 is 1. The Labute approximate surface area is 140 Å². The molecule has 1 aromatic carbocycles. The Kier molecular flexibility index (Phi) is 6.70. The van der Waals surface area contributed by atoms with Crippen LogP contribution in [-0.2, 0) is 16.1 Å². The fourth-order valence-corrected chi connectivity index (χ4v) is 2.85. The van der Waals surface area contributed by atoms with Crippen molar-refractivity contribution in [3.63, 3.8) is 0 Å². The SMILES string of the molecule is COCc1nc(C(=O)OC(CCN(C)C)c2ccccc2)cs1. The van der Waals surface area contributed by atoms with Crippen molar-refractivity contribution in [2.75, 3.05) is 27.7 Å². The predicted molar refractivity (Wildman–Crippen MR) is 90.6 cm³/mol. The molecule has 1 aromatic heterocycles. The highest BCUT2D eigenvalue weighted by atomic mass is 32.1. The predicted octanol–water partition coefficient (Wildman–Crippen LogP) is 3.14. The van der Waals surface area contributed by atoms with E-state index in [1.807, 2.05) is 44.4 Å². The number of aromatic nitrogens is 1. The Morgan fingerprint density at radius 3 is 2.70 bits per heavy atom. The van der Waals surface area contributed by atoms with Crippen LogP contribution >= 0.6 is 11.3 Å². The van der Waals surface area contributed by atoms with E-state index < -0.39 is 5.97 Å². The van der Waals surface area contributed by atoms with Gasteiger partial charge in [0.1, 0.15) is 11.1 Å². The summed E-state index contributed by atoms with van der Waals surface area (Å²) in [6.45, 7) is 1.24. The minimum atomic E-state index is -0.392. The number of rotatable bonds is 8. The molecule has 0 N–H and O–H groups in total. The van der Waals surface area contributed by atoms with Crippen LogP contribution < -0.4 is 0 Å². The van der Waals surface area contributed by atoms with Crippen LogP contribution in [0.2, 0.25) is 0 Å². The fraction of sp³-hybridized carbons (Fsp3) is 0.412. The van der Waals surface area contributed by atoms with Crippen LogP contribution in [0.5, 0.6) is 0 Å². The van der Waals surface area contributed by atoms with Gasteiger partial charge < -0.3 is 14.4 Å². The Morgan fingerprint density at radius 2 is 2.04 bits per heavy atom. The van der Waals surface area contributed by atoms with Crippen LogP contribution in [0.4, 0.5) is 0 Å². The van der Waals surface area contributed by atoms with Gasteiger partial charge in [-0.3, -0.25) is 0 Å². The quantitative estimate of drug-likeness (QED) is 0.694. The zero-order valence-corrected chi connectivity index (χ0v) is 14.5. The van der Waals surface area contributed by atoms with Gasteiger partial charge in [0.05, 0.1) is 6.61 Å². The number of esters is 1. The van der Waals surface area contributed by atoms with E-state index in [2.05, 4.69) is 9.88 Å². The number of carbonyl (C=O) groups is 1. The first-order chi connectivity index (χ1) is 11.1. The second kappa shape index (κ2) is 8.76. The highest BCUT2D eigenvalue weighted by molar-refractivity contribution is 7.09. The molecule has 0 spiro atoms. The molecule has 0 radical (unpaired) electrons. The van der Waals surface area contributed by atoms with Crippen LogP contribution in [0, 0.1) is 0 Å². The van der Waals surface area contributed by atoms with E-state index in [4.69, 9.17) is 9.47 Å². The number of hydrogen-bond donors (Lipinski definition) is 0. The number of ether oxygens (including phenoxy) is 2. The molecule has 124 valence electrons. The van der Waals surface area contributed by atoms with Crippen LogP contribution in [0.3, 0.4) is 0 Å². The summed E-state index contributed by atoms with van der Waals surface area (Å²) in [6.07, 6.45) is 0.455. The van der Waals surface area contributed by atoms with Gasteiger partial charge >= 0.3 is 5.97 Å². The van der Waals surface area contributed by atoms with Gasteiger partial charge in [0, 0.05) is 25.5 Å². The number of hydrogen-bond acceptors (Lipinski definition) is 6. The largest absolute Gasteiger partial charge is 0.453 e. The van der Waals surface area contributed by atoms with Crippen LogP contribution in [0.15, 0.2) is 35.7 Å². The van der Waals surface area contributed by atoms with Gasteiger partial charge in [-0.2, -0.15) is 0 Å². The normalized spacial score (nSPS) is 12.3. The summed E-state index contributed by atoms with van der Waals surface area (Å²) in [5.74, 6) is -0.392. The van der Waals surface area contributed by atoms with E-state index in [-0.39, 0.29) is 6.10 Å². The van der Waals surface area contributed by atoms with Gasteiger partial charge in [-0.05, 0) is 19.7 Å². The molecular weight excluding hydrogens is 312 g/mol. The van der Waals surface area contributed by atoms with E-state index in [0.717, 1.165) is 23.5 Å². The summed E-state index contributed by atoms with van der Waals surface area (Å²) >= 11 is 1.40. The topological polar surface area (TPSA) is 51.7 Å². The molecule has 1 atom stereocenters. The smallest absolute Gasteiger partial charge is 0.358 e. The highest BCUT2D eigenvalue weighted by Crippen LogP contribution is 2.23. The van der Waals surface area contributed by atoms with E-state index in [1.54, 1.807) is 12.5 Å². The molecule has 23 heavy (non-hydrogen) atoms. The van der Waals surface area contributed by atoms with E-state index in [1.165, 1.54) is 11.3 Å². The van der Waals surface area contributed by atoms with Crippen molar-refractivity contribution < 1.29 is 14.3 Å². The minimum Gasteiger partial charge on any atom is -0.453 e. The van der Waals surface area contributed by atoms with E-state index in [9.17, 15) is 4.79 Å². The Morgan fingerprint density at radius 1 is 1.30 bits per heavy atom. The van der Waals surface area contributed by atoms with Crippen LogP contribution in [0.1, 0.15) is 33.6 Å². The lowest BCUT2D eigenvalue weighted by molar-refractivity contribution is 0.0255. The monoisotopic (exact) mass is 334 g/mol. The van der Waals surface area contributed by atoms with Gasteiger partial charge in [0.15, 0.2) is 5.69 Å². The van der Waals surface area contributed by atoms with Crippen molar-refractivity contribution in [2.45, 2.75) is 19.1 Å². The van der Waals surface area contributed by atoms with Crippen molar-refractivity contribution in [3.8, 4) is 0 Å². The molecular formula is C17H22N2O3S. The molecule has 0 aliphatic heterocycles. The summed E-state index contributed by atoms with van der Waals surface area (Å²) in [6, 6.07) is 9.80. The number of benzene rings is 1. The summed E-state index contributed by atoms with van der Waals surface area (Å²) in [5, 5.41) is 2.48. The fourth-order valence-electron chi connectivity index (χ4n) is 2.12. The summed E-state index contributed by atoms with van der Waals surface area (Å²) < 4.78 is 10.7. The third kappa shape index (κ3) is 5.42. The van der Waals surface area contributed by atoms with Crippen molar-refractivity contribution in [1.29, 1.82) is 0 Å². The average molecular weight is 334 g/mol.